The van der Waals surface area contributed by atoms with Crippen LogP contribution >= 0.6 is 12.1 Å². The number of carbonyl (C=O) groups excluding carboxylic acids is 1. The van der Waals surface area contributed by atoms with Gasteiger partial charge < -0.3 is 4.42 Å². The van der Waals surface area contributed by atoms with Gasteiger partial charge in [0, 0.05) is 16.4 Å². The summed E-state index contributed by atoms with van der Waals surface area (Å²) >= 11 is 0.136. The molecule has 1 fully saturated rings. The van der Waals surface area contributed by atoms with Crippen molar-refractivity contribution in [1.29, 1.82) is 0 Å². The molecule has 1 aliphatic carbocycles. The number of nitrogens with zero attached hydrogens (tertiary/aromatic N) is 2. The monoisotopic (exact) mass is 293 g/mol. The first-order valence-electron chi connectivity index (χ1n) is 6.29. The second-order valence-electron chi connectivity index (χ2n) is 4.63. The molecule has 0 unspecified atom stereocenters. The van der Waals surface area contributed by atoms with Crippen molar-refractivity contribution in [2.75, 3.05) is 5.32 Å². The van der Waals surface area contributed by atoms with Crippen molar-refractivity contribution in [1.82, 2.24) is 10.2 Å². The molecule has 1 N–H and O–H groups in total. The number of hydrogen-bond donors (Lipinski definition) is 1. The third-order valence-electron chi connectivity index (χ3n) is 3.32. The molecule has 0 aliphatic heterocycles. The molecule has 104 valence electrons. The van der Waals surface area contributed by atoms with Crippen LogP contribution in [0.3, 0.4) is 0 Å². The van der Waals surface area contributed by atoms with Crippen molar-refractivity contribution in [2.24, 2.45) is 0 Å². The molecule has 3 rings (SSSR count). The smallest absolute Gasteiger partial charge is 0.322 e. The maximum Gasteiger partial charge on any atom is 0.322 e. The van der Waals surface area contributed by atoms with E-state index >= 15 is 0 Å². The molecule has 0 atom stereocenters. The summed E-state index contributed by atoms with van der Waals surface area (Å²) < 4.78 is 17.7. The number of nitrogens with one attached hydrogen (secondary N) is 1. The molecule has 1 aromatic carbocycles. The molecule has 5 nitrogen and oxygen atoms in total. The minimum absolute atomic E-state index is 0.0980. The quantitative estimate of drug-likeness (QED) is 0.933. The summed E-state index contributed by atoms with van der Waals surface area (Å²) in [6, 6.07) is 6.25. The van der Waals surface area contributed by atoms with E-state index in [4.69, 9.17) is 4.42 Å². The van der Waals surface area contributed by atoms with E-state index in [-0.39, 0.29) is 24.1 Å². The first-order valence-corrected chi connectivity index (χ1v) is 7.01. The van der Waals surface area contributed by atoms with E-state index in [1.165, 1.54) is 18.6 Å². The molecule has 1 heterocycles. The van der Waals surface area contributed by atoms with Crippen LogP contribution in [-0.2, 0) is 0 Å². The standard InChI is InChI=1S/C13H12FN3O2S/c14-20-10-6-4-8(5-7-10)11(18)15-13-17-16-12(19-13)9-2-1-3-9/h4-7,9H,1-3H2,(H,15,17,18). The number of rotatable bonds is 4. The third kappa shape index (κ3) is 2.67. The van der Waals surface area contributed by atoms with Gasteiger partial charge in [0.2, 0.25) is 5.89 Å². The Balaban J connectivity index is 1.66. The molecular weight excluding hydrogens is 281 g/mol. The highest BCUT2D eigenvalue weighted by molar-refractivity contribution is 7.94. The molecule has 1 amide bonds. The van der Waals surface area contributed by atoms with Crippen LogP contribution in [-0.4, -0.2) is 16.1 Å². The maximum atomic E-state index is 12.3. The van der Waals surface area contributed by atoms with Crippen molar-refractivity contribution < 1.29 is 13.1 Å². The van der Waals surface area contributed by atoms with E-state index in [9.17, 15) is 8.68 Å². The van der Waals surface area contributed by atoms with E-state index in [0.717, 1.165) is 12.8 Å². The van der Waals surface area contributed by atoms with Gasteiger partial charge in [-0.05, 0) is 37.1 Å². The first kappa shape index (κ1) is 13.1. The highest BCUT2D eigenvalue weighted by Crippen LogP contribution is 2.35. The highest BCUT2D eigenvalue weighted by Gasteiger charge is 2.25. The normalized spacial score (nSPS) is 14.8. The predicted molar refractivity (Wildman–Crippen MR) is 72.3 cm³/mol. The Kier molecular flexibility index (Phi) is 3.68. The average molecular weight is 293 g/mol. The number of benzene rings is 1. The van der Waals surface area contributed by atoms with Crippen molar-refractivity contribution in [3.63, 3.8) is 0 Å². The minimum atomic E-state index is -0.357. The fourth-order valence-electron chi connectivity index (χ4n) is 1.93. The van der Waals surface area contributed by atoms with Crippen LogP contribution in [0.1, 0.15) is 41.4 Å². The number of halogens is 1. The molecule has 0 radical (unpaired) electrons. The van der Waals surface area contributed by atoms with Crippen molar-refractivity contribution >= 4 is 24.1 Å². The molecule has 2 aromatic rings. The third-order valence-corrected chi connectivity index (χ3v) is 3.77. The fraction of sp³-hybridized carbons (Fsp3) is 0.308. The lowest BCUT2D eigenvalue weighted by Crippen LogP contribution is -2.12. The molecule has 20 heavy (non-hydrogen) atoms. The van der Waals surface area contributed by atoms with Crippen molar-refractivity contribution in [2.45, 2.75) is 30.1 Å². The molecule has 1 aliphatic rings. The van der Waals surface area contributed by atoms with Crippen LogP contribution < -0.4 is 5.32 Å². The van der Waals surface area contributed by atoms with Gasteiger partial charge in [-0.1, -0.05) is 11.5 Å². The van der Waals surface area contributed by atoms with Gasteiger partial charge in [-0.2, -0.15) is 3.89 Å². The number of hydrogen-bond acceptors (Lipinski definition) is 5. The lowest BCUT2D eigenvalue weighted by atomic mass is 9.85. The summed E-state index contributed by atoms with van der Waals surface area (Å²) in [4.78, 5) is 12.4. The Morgan fingerprint density at radius 1 is 1.30 bits per heavy atom. The molecule has 1 aromatic heterocycles. The Bertz CT molecular complexity index is 610. The average Bonchev–Trinajstić information content (AvgIpc) is 2.85. The van der Waals surface area contributed by atoms with Crippen LogP contribution in [0.25, 0.3) is 0 Å². The summed E-state index contributed by atoms with van der Waals surface area (Å²) in [5.41, 5.74) is 0.409. The zero-order chi connectivity index (χ0) is 13.9. The lowest BCUT2D eigenvalue weighted by molar-refractivity contribution is 0.102. The molecule has 7 heteroatoms. The molecule has 0 saturated heterocycles. The van der Waals surface area contributed by atoms with Crippen LogP contribution in [0.15, 0.2) is 33.6 Å². The Labute approximate surface area is 119 Å². The van der Waals surface area contributed by atoms with E-state index in [2.05, 4.69) is 15.5 Å². The summed E-state index contributed by atoms with van der Waals surface area (Å²) in [6.07, 6.45) is 3.28. The minimum Gasteiger partial charge on any atom is -0.408 e. The first-order chi connectivity index (χ1) is 9.76. The summed E-state index contributed by atoms with van der Waals surface area (Å²) in [6.45, 7) is 0. The highest BCUT2D eigenvalue weighted by atomic mass is 32.2. The zero-order valence-corrected chi connectivity index (χ0v) is 11.3. The molecule has 1 saturated carbocycles. The Morgan fingerprint density at radius 3 is 2.65 bits per heavy atom. The van der Waals surface area contributed by atoms with E-state index in [1.807, 2.05) is 0 Å². The van der Waals surface area contributed by atoms with Gasteiger partial charge in [0.1, 0.15) is 0 Å². The Morgan fingerprint density at radius 2 is 2.05 bits per heavy atom. The van der Waals surface area contributed by atoms with Gasteiger partial charge in [-0.15, -0.1) is 5.10 Å². The largest absolute Gasteiger partial charge is 0.408 e. The van der Waals surface area contributed by atoms with Gasteiger partial charge in [0.05, 0.1) is 12.1 Å². The number of anilines is 1. The summed E-state index contributed by atoms with van der Waals surface area (Å²) in [5, 5.41) is 10.3. The topological polar surface area (TPSA) is 68.0 Å². The molecule has 0 spiro atoms. The van der Waals surface area contributed by atoms with E-state index in [0.29, 0.717) is 22.3 Å². The van der Waals surface area contributed by atoms with Crippen molar-refractivity contribution in [3.8, 4) is 0 Å². The summed E-state index contributed by atoms with van der Waals surface area (Å²) in [7, 11) is 0. The number of amides is 1. The number of aromatic nitrogens is 2. The van der Waals surface area contributed by atoms with Gasteiger partial charge in [0.25, 0.3) is 5.91 Å². The van der Waals surface area contributed by atoms with E-state index < -0.39 is 0 Å². The Hall–Kier alpha value is -1.89. The maximum absolute atomic E-state index is 12.3. The second kappa shape index (κ2) is 5.62. The predicted octanol–water partition coefficient (Wildman–Crippen LogP) is 3.57. The zero-order valence-electron chi connectivity index (χ0n) is 10.5. The van der Waals surface area contributed by atoms with Crippen LogP contribution in [0.2, 0.25) is 0 Å². The van der Waals surface area contributed by atoms with Crippen LogP contribution in [0, 0.1) is 0 Å². The van der Waals surface area contributed by atoms with Gasteiger partial charge >= 0.3 is 6.01 Å². The van der Waals surface area contributed by atoms with E-state index in [1.54, 1.807) is 12.1 Å². The van der Waals surface area contributed by atoms with Gasteiger partial charge in [-0.3, -0.25) is 10.1 Å². The van der Waals surface area contributed by atoms with Gasteiger partial charge in [-0.25, -0.2) is 0 Å². The van der Waals surface area contributed by atoms with Gasteiger partial charge in [0.15, 0.2) is 0 Å². The number of carbonyl (C=O) groups is 1. The van der Waals surface area contributed by atoms with Crippen LogP contribution in [0.4, 0.5) is 9.90 Å². The lowest BCUT2D eigenvalue weighted by Gasteiger charge is -2.20. The molecular formula is C13H12FN3O2S. The fourth-order valence-corrected chi connectivity index (χ4v) is 2.17. The SMILES string of the molecule is O=C(Nc1nnc(C2CCC2)o1)c1ccc(SF)cc1. The van der Waals surface area contributed by atoms with Crippen LogP contribution in [0.5, 0.6) is 0 Å². The molecule has 0 bridgehead atoms. The summed E-state index contributed by atoms with van der Waals surface area (Å²) in [5.74, 6) is 0.550. The second-order valence-corrected chi connectivity index (χ2v) is 5.25. The van der Waals surface area contributed by atoms with Crippen molar-refractivity contribution in [3.05, 3.63) is 35.7 Å².